The van der Waals surface area contributed by atoms with Gasteiger partial charge in [-0.1, -0.05) is 25.1 Å². The van der Waals surface area contributed by atoms with Gasteiger partial charge in [-0.25, -0.2) is 9.97 Å². The van der Waals surface area contributed by atoms with E-state index in [4.69, 9.17) is 4.74 Å². The van der Waals surface area contributed by atoms with Crippen LogP contribution in [0.3, 0.4) is 0 Å². The van der Waals surface area contributed by atoms with E-state index in [0.717, 1.165) is 30.8 Å². The van der Waals surface area contributed by atoms with Gasteiger partial charge in [0.1, 0.15) is 0 Å². The highest BCUT2D eigenvalue weighted by atomic mass is 16.5. The molecule has 25 heavy (non-hydrogen) atoms. The fourth-order valence-corrected chi connectivity index (χ4v) is 3.17. The zero-order valence-corrected chi connectivity index (χ0v) is 14.2. The molecule has 0 N–H and O–H groups in total. The van der Waals surface area contributed by atoms with Gasteiger partial charge in [0.25, 0.3) is 5.56 Å². The van der Waals surface area contributed by atoms with Crippen LogP contribution in [-0.4, -0.2) is 40.8 Å². The van der Waals surface area contributed by atoms with Crippen LogP contribution in [0.4, 0.5) is 5.95 Å². The van der Waals surface area contributed by atoms with Crippen LogP contribution in [0.25, 0.3) is 16.6 Å². The maximum absolute atomic E-state index is 12.9. The van der Waals surface area contributed by atoms with Crippen LogP contribution in [0.15, 0.2) is 47.5 Å². The number of benzene rings is 1. The quantitative estimate of drug-likeness (QED) is 0.734. The zero-order valence-electron chi connectivity index (χ0n) is 14.2. The summed E-state index contributed by atoms with van der Waals surface area (Å²) in [6.07, 6.45) is 4.31. The van der Waals surface area contributed by atoms with E-state index in [2.05, 4.69) is 21.8 Å². The number of pyridine rings is 1. The number of aromatic nitrogens is 3. The number of hydrogen-bond acceptors (Lipinski definition) is 5. The van der Waals surface area contributed by atoms with Gasteiger partial charge in [0.15, 0.2) is 0 Å². The molecule has 128 valence electrons. The topological polar surface area (TPSA) is 60.3 Å². The molecular weight excluding hydrogens is 316 g/mol. The first-order valence-corrected chi connectivity index (χ1v) is 8.57. The average Bonchev–Trinajstić information content (AvgIpc) is 2.69. The number of para-hydroxylation sites is 1. The Morgan fingerprint density at radius 1 is 1.16 bits per heavy atom. The Bertz CT molecular complexity index is 961. The van der Waals surface area contributed by atoms with Crippen LogP contribution < -0.4 is 10.5 Å². The Morgan fingerprint density at radius 3 is 2.76 bits per heavy atom. The molecular formula is C19H20N4O2. The predicted octanol–water partition coefficient (Wildman–Crippen LogP) is 2.18. The van der Waals surface area contributed by atoms with Crippen molar-refractivity contribution < 1.29 is 4.74 Å². The van der Waals surface area contributed by atoms with Crippen LogP contribution in [0.2, 0.25) is 0 Å². The lowest BCUT2D eigenvalue weighted by atomic mass is 10.1. The molecule has 1 aromatic carbocycles. The third-order valence-corrected chi connectivity index (χ3v) is 4.56. The van der Waals surface area contributed by atoms with Crippen LogP contribution >= 0.6 is 0 Å². The maximum Gasteiger partial charge on any atom is 0.266 e. The van der Waals surface area contributed by atoms with E-state index in [1.165, 1.54) is 0 Å². The number of anilines is 1. The van der Waals surface area contributed by atoms with Crippen molar-refractivity contribution in [2.24, 2.45) is 0 Å². The number of fused-ring (bicyclic) bond motifs is 1. The van der Waals surface area contributed by atoms with Gasteiger partial charge in [-0.3, -0.25) is 9.36 Å². The van der Waals surface area contributed by atoms with Gasteiger partial charge in [-0.2, -0.15) is 0 Å². The Labute approximate surface area is 145 Å². The van der Waals surface area contributed by atoms with E-state index in [0.29, 0.717) is 30.1 Å². The normalized spacial score (nSPS) is 14.8. The van der Waals surface area contributed by atoms with Crippen LogP contribution in [0.5, 0.6) is 0 Å². The van der Waals surface area contributed by atoms with Crippen molar-refractivity contribution in [3.63, 3.8) is 0 Å². The molecule has 1 saturated heterocycles. The Hall–Kier alpha value is -2.73. The van der Waals surface area contributed by atoms with Gasteiger partial charge >= 0.3 is 0 Å². The van der Waals surface area contributed by atoms with E-state index in [1.807, 2.05) is 30.3 Å². The molecule has 6 heteroatoms. The van der Waals surface area contributed by atoms with E-state index < -0.39 is 0 Å². The summed E-state index contributed by atoms with van der Waals surface area (Å²) in [4.78, 5) is 24.0. The first kappa shape index (κ1) is 15.8. The molecule has 1 fully saturated rings. The molecule has 3 heterocycles. The van der Waals surface area contributed by atoms with Gasteiger partial charge < -0.3 is 9.64 Å². The van der Waals surface area contributed by atoms with E-state index >= 15 is 0 Å². The van der Waals surface area contributed by atoms with Gasteiger partial charge in [-0.15, -0.1) is 0 Å². The molecule has 3 aromatic rings. The second-order valence-corrected chi connectivity index (χ2v) is 6.04. The molecule has 0 unspecified atom stereocenters. The van der Waals surface area contributed by atoms with Crippen LogP contribution in [0.1, 0.15) is 12.5 Å². The summed E-state index contributed by atoms with van der Waals surface area (Å²) in [5.74, 6) is 0.655. The smallest absolute Gasteiger partial charge is 0.266 e. The minimum atomic E-state index is -0.0908. The molecule has 4 rings (SSSR count). The number of ether oxygens (including phenoxy) is 1. The predicted molar refractivity (Wildman–Crippen MR) is 97.5 cm³/mol. The van der Waals surface area contributed by atoms with Crippen molar-refractivity contribution >= 4 is 16.9 Å². The number of morpholine rings is 1. The lowest BCUT2D eigenvalue weighted by Gasteiger charge is -2.26. The summed E-state index contributed by atoms with van der Waals surface area (Å²) >= 11 is 0. The SMILES string of the molecule is CCc1ccccc1-n1ccc2nc(N3CCOCC3)ncc2c1=O. The minimum Gasteiger partial charge on any atom is -0.378 e. The second-order valence-electron chi connectivity index (χ2n) is 6.04. The minimum absolute atomic E-state index is 0.0908. The van der Waals surface area contributed by atoms with Crippen molar-refractivity contribution in [2.45, 2.75) is 13.3 Å². The largest absolute Gasteiger partial charge is 0.378 e. The average molecular weight is 336 g/mol. The summed E-state index contributed by atoms with van der Waals surface area (Å²) in [7, 11) is 0. The fraction of sp³-hybridized carbons (Fsp3) is 0.316. The van der Waals surface area contributed by atoms with Gasteiger partial charge in [-0.05, 0) is 24.1 Å². The summed E-state index contributed by atoms with van der Waals surface area (Å²) in [6, 6.07) is 9.84. The van der Waals surface area contributed by atoms with Crippen molar-refractivity contribution in [3.8, 4) is 5.69 Å². The first-order chi connectivity index (χ1) is 12.3. The van der Waals surface area contributed by atoms with Crippen LogP contribution in [0, 0.1) is 0 Å². The highest BCUT2D eigenvalue weighted by Crippen LogP contribution is 2.17. The van der Waals surface area contributed by atoms with Crippen molar-refractivity contribution in [1.29, 1.82) is 0 Å². The lowest BCUT2D eigenvalue weighted by Crippen LogP contribution is -2.37. The highest BCUT2D eigenvalue weighted by molar-refractivity contribution is 5.78. The Morgan fingerprint density at radius 2 is 1.96 bits per heavy atom. The number of hydrogen-bond donors (Lipinski definition) is 0. The number of nitrogens with zero attached hydrogens (tertiary/aromatic N) is 4. The molecule has 2 aromatic heterocycles. The maximum atomic E-state index is 12.9. The van der Waals surface area contributed by atoms with Crippen molar-refractivity contribution in [2.75, 3.05) is 31.2 Å². The molecule has 0 saturated carbocycles. The van der Waals surface area contributed by atoms with Crippen molar-refractivity contribution in [1.82, 2.24) is 14.5 Å². The summed E-state index contributed by atoms with van der Waals surface area (Å²) < 4.78 is 7.04. The third-order valence-electron chi connectivity index (χ3n) is 4.56. The molecule has 0 amide bonds. The number of rotatable bonds is 3. The summed E-state index contributed by atoms with van der Waals surface area (Å²) in [5.41, 5.74) is 2.63. The standard InChI is InChI=1S/C19H20N4O2/c1-2-14-5-3-4-6-17(14)23-8-7-16-15(18(23)24)13-20-19(21-16)22-9-11-25-12-10-22/h3-8,13H,2,9-12H2,1H3. The number of aryl methyl sites for hydroxylation is 1. The Balaban J connectivity index is 1.79. The molecule has 0 atom stereocenters. The van der Waals surface area contributed by atoms with Crippen molar-refractivity contribution in [3.05, 3.63) is 58.6 Å². The molecule has 0 bridgehead atoms. The fourth-order valence-electron chi connectivity index (χ4n) is 3.17. The molecule has 6 nitrogen and oxygen atoms in total. The molecule has 1 aliphatic heterocycles. The molecule has 1 aliphatic rings. The van der Waals surface area contributed by atoms with Gasteiger partial charge in [0, 0.05) is 25.5 Å². The monoisotopic (exact) mass is 336 g/mol. The summed E-state index contributed by atoms with van der Waals surface area (Å²) in [6.45, 7) is 4.98. The van der Waals surface area contributed by atoms with E-state index in [-0.39, 0.29) is 5.56 Å². The first-order valence-electron chi connectivity index (χ1n) is 8.57. The zero-order chi connectivity index (χ0) is 17.2. The highest BCUT2D eigenvalue weighted by Gasteiger charge is 2.15. The molecule has 0 radical (unpaired) electrons. The van der Waals surface area contributed by atoms with Gasteiger partial charge in [0.2, 0.25) is 5.95 Å². The third kappa shape index (κ3) is 2.89. The lowest BCUT2D eigenvalue weighted by molar-refractivity contribution is 0.122. The summed E-state index contributed by atoms with van der Waals surface area (Å²) in [5, 5.41) is 0.533. The van der Waals surface area contributed by atoms with Gasteiger partial charge in [0.05, 0.1) is 29.8 Å². The second kappa shape index (κ2) is 6.64. The Kier molecular flexibility index (Phi) is 4.19. The van der Waals surface area contributed by atoms with E-state index in [9.17, 15) is 4.79 Å². The molecule has 0 spiro atoms. The van der Waals surface area contributed by atoms with E-state index in [1.54, 1.807) is 17.0 Å². The van der Waals surface area contributed by atoms with Crippen LogP contribution in [-0.2, 0) is 11.2 Å². The molecule has 0 aliphatic carbocycles.